The summed E-state index contributed by atoms with van der Waals surface area (Å²) < 4.78 is 6.95. The van der Waals surface area contributed by atoms with Gasteiger partial charge in [-0.25, -0.2) is 0 Å². The SMILES string of the molecule is COCCn1c(CCl)nnc1-c1c(Cl)cccc1Cl. The predicted octanol–water partition coefficient (Wildman–Crippen LogP) is 3.64. The molecule has 0 aliphatic rings. The average molecular weight is 321 g/mol. The lowest BCUT2D eigenvalue weighted by atomic mass is 10.2. The third kappa shape index (κ3) is 3.03. The summed E-state index contributed by atoms with van der Waals surface area (Å²) in [5, 5.41) is 9.25. The van der Waals surface area contributed by atoms with Gasteiger partial charge in [0.2, 0.25) is 0 Å². The molecule has 1 aromatic carbocycles. The second-order valence-electron chi connectivity index (χ2n) is 3.81. The Balaban J connectivity index is 2.52. The maximum absolute atomic E-state index is 6.19. The Hall–Kier alpha value is -0.810. The summed E-state index contributed by atoms with van der Waals surface area (Å²) in [4.78, 5) is 0. The van der Waals surface area contributed by atoms with Crippen LogP contribution in [0.1, 0.15) is 5.82 Å². The van der Waals surface area contributed by atoms with Crippen molar-refractivity contribution in [1.29, 1.82) is 0 Å². The van der Waals surface area contributed by atoms with E-state index in [-0.39, 0.29) is 5.88 Å². The molecule has 0 radical (unpaired) electrons. The minimum Gasteiger partial charge on any atom is -0.383 e. The Bertz CT molecular complexity index is 551. The highest BCUT2D eigenvalue weighted by molar-refractivity contribution is 6.39. The second-order valence-corrected chi connectivity index (χ2v) is 4.90. The first kappa shape index (κ1) is 14.6. The van der Waals surface area contributed by atoms with Gasteiger partial charge in [0.1, 0.15) is 5.82 Å². The van der Waals surface area contributed by atoms with Crippen molar-refractivity contribution < 1.29 is 4.74 Å². The zero-order valence-electron chi connectivity index (χ0n) is 10.2. The van der Waals surface area contributed by atoms with Crippen LogP contribution in [0.5, 0.6) is 0 Å². The molecule has 19 heavy (non-hydrogen) atoms. The van der Waals surface area contributed by atoms with Crippen molar-refractivity contribution >= 4 is 34.8 Å². The van der Waals surface area contributed by atoms with Gasteiger partial charge >= 0.3 is 0 Å². The number of hydrogen-bond donors (Lipinski definition) is 0. The first-order valence-electron chi connectivity index (χ1n) is 5.60. The van der Waals surface area contributed by atoms with E-state index in [0.29, 0.717) is 40.4 Å². The molecule has 7 heteroatoms. The van der Waals surface area contributed by atoms with E-state index in [1.54, 1.807) is 25.3 Å². The number of halogens is 3. The van der Waals surface area contributed by atoms with Crippen molar-refractivity contribution in [3.05, 3.63) is 34.1 Å². The van der Waals surface area contributed by atoms with Gasteiger partial charge in [-0.1, -0.05) is 29.3 Å². The topological polar surface area (TPSA) is 39.9 Å². The number of methoxy groups -OCH3 is 1. The summed E-state index contributed by atoms with van der Waals surface area (Å²) in [6.45, 7) is 1.11. The monoisotopic (exact) mass is 319 g/mol. The van der Waals surface area contributed by atoms with Gasteiger partial charge in [0.15, 0.2) is 5.82 Å². The molecule has 0 saturated carbocycles. The van der Waals surface area contributed by atoms with Crippen LogP contribution in [0.25, 0.3) is 11.4 Å². The van der Waals surface area contributed by atoms with Gasteiger partial charge in [0.25, 0.3) is 0 Å². The molecular formula is C12H12Cl3N3O. The van der Waals surface area contributed by atoms with Crippen molar-refractivity contribution in [3.8, 4) is 11.4 Å². The van der Waals surface area contributed by atoms with Crippen LogP contribution < -0.4 is 0 Å². The minimum absolute atomic E-state index is 0.263. The average Bonchev–Trinajstić information content (AvgIpc) is 2.79. The fourth-order valence-electron chi connectivity index (χ4n) is 1.75. The number of hydrogen-bond acceptors (Lipinski definition) is 3. The first-order chi connectivity index (χ1) is 9.19. The van der Waals surface area contributed by atoms with E-state index in [4.69, 9.17) is 39.5 Å². The molecule has 2 aromatic rings. The van der Waals surface area contributed by atoms with E-state index in [1.165, 1.54) is 0 Å². The number of rotatable bonds is 5. The lowest BCUT2D eigenvalue weighted by Crippen LogP contribution is -2.09. The fourth-order valence-corrected chi connectivity index (χ4v) is 2.51. The molecule has 0 aliphatic carbocycles. The molecule has 0 amide bonds. The Labute approximate surface area is 126 Å². The Kier molecular flexibility index (Phi) is 5.05. The van der Waals surface area contributed by atoms with Gasteiger partial charge in [-0.05, 0) is 12.1 Å². The predicted molar refractivity (Wildman–Crippen MR) is 76.9 cm³/mol. The highest BCUT2D eigenvalue weighted by atomic mass is 35.5. The first-order valence-corrected chi connectivity index (χ1v) is 6.89. The smallest absolute Gasteiger partial charge is 0.167 e. The molecule has 4 nitrogen and oxygen atoms in total. The normalized spacial score (nSPS) is 10.9. The largest absolute Gasteiger partial charge is 0.383 e. The van der Waals surface area contributed by atoms with Crippen LogP contribution in [0.2, 0.25) is 10.0 Å². The lowest BCUT2D eigenvalue weighted by Gasteiger charge is -2.10. The zero-order valence-corrected chi connectivity index (χ0v) is 12.5. The van der Waals surface area contributed by atoms with E-state index in [1.807, 2.05) is 4.57 Å². The molecule has 1 heterocycles. The van der Waals surface area contributed by atoms with Crippen molar-refractivity contribution in [2.75, 3.05) is 13.7 Å². The number of nitrogens with zero attached hydrogens (tertiary/aromatic N) is 3. The summed E-state index contributed by atoms with van der Waals surface area (Å²) in [6, 6.07) is 5.31. The molecule has 0 unspecified atom stereocenters. The number of alkyl halides is 1. The molecule has 0 bridgehead atoms. The van der Waals surface area contributed by atoms with Crippen LogP contribution in [0.3, 0.4) is 0 Å². The van der Waals surface area contributed by atoms with Crippen LogP contribution >= 0.6 is 34.8 Å². The van der Waals surface area contributed by atoms with Crippen molar-refractivity contribution in [2.45, 2.75) is 12.4 Å². The molecule has 102 valence electrons. The third-order valence-corrected chi connectivity index (χ3v) is 3.52. The summed E-state index contributed by atoms with van der Waals surface area (Å²) >= 11 is 18.2. The highest BCUT2D eigenvalue weighted by Crippen LogP contribution is 2.33. The summed E-state index contributed by atoms with van der Waals surface area (Å²) in [7, 11) is 1.63. The van der Waals surface area contributed by atoms with Gasteiger partial charge in [-0.15, -0.1) is 21.8 Å². The maximum Gasteiger partial charge on any atom is 0.167 e. The van der Waals surface area contributed by atoms with Gasteiger partial charge in [0.05, 0.1) is 28.1 Å². The van der Waals surface area contributed by atoms with E-state index >= 15 is 0 Å². The van der Waals surface area contributed by atoms with Crippen molar-refractivity contribution in [1.82, 2.24) is 14.8 Å². The van der Waals surface area contributed by atoms with Crippen LogP contribution in [0.15, 0.2) is 18.2 Å². The quantitative estimate of drug-likeness (QED) is 0.790. The third-order valence-electron chi connectivity index (χ3n) is 2.65. The molecule has 0 N–H and O–H groups in total. The molecule has 0 atom stereocenters. The molecule has 0 saturated heterocycles. The van der Waals surface area contributed by atoms with Gasteiger partial charge in [-0.3, -0.25) is 0 Å². The van der Waals surface area contributed by atoms with Crippen LogP contribution in [0.4, 0.5) is 0 Å². The van der Waals surface area contributed by atoms with Crippen LogP contribution in [-0.4, -0.2) is 28.5 Å². The fraction of sp³-hybridized carbons (Fsp3) is 0.333. The van der Waals surface area contributed by atoms with Crippen molar-refractivity contribution in [3.63, 3.8) is 0 Å². The van der Waals surface area contributed by atoms with E-state index in [9.17, 15) is 0 Å². The molecule has 2 rings (SSSR count). The minimum atomic E-state index is 0.263. The summed E-state index contributed by atoms with van der Waals surface area (Å²) in [6.07, 6.45) is 0. The Morgan fingerprint density at radius 1 is 1.21 bits per heavy atom. The summed E-state index contributed by atoms with van der Waals surface area (Å²) in [5.41, 5.74) is 0.658. The van der Waals surface area contributed by atoms with E-state index < -0.39 is 0 Å². The number of benzene rings is 1. The van der Waals surface area contributed by atoms with Gasteiger partial charge in [0, 0.05) is 13.7 Å². The van der Waals surface area contributed by atoms with Gasteiger partial charge in [-0.2, -0.15) is 0 Å². The van der Waals surface area contributed by atoms with E-state index in [0.717, 1.165) is 0 Å². The molecule has 0 aliphatic heterocycles. The van der Waals surface area contributed by atoms with E-state index in [2.05, 4.69) is 10.2 Å². The standard InChI is InChI=1S/C12H12Cl3N3O/c1-19-6-5-18-10(7-13)16-17-12(18)11-8(14)3-2-4-9(11)15/h2-4H,5-7H2,1H3. The van der Waals surface area contributed by atoms with Crippen molar-refractivity contribution in [2.24, 2.45) is 0 Å². The zero-order chi connectivity index (χ0) is 13.8. The van der Waals surface area contributed by atoms with Gasteiger partial charge < -0.3 is 9.30 Å². The molecule has 0 fully saturated rings. The maximum atomic E-state index is 6.19. The second kappa shape index (κ2) is 6.57. The van der Waals surface area contributed by atoms with Crippen LogP contribution in [-0.2, 0) is 17.2 Å². The molecule has 1 aromatic heterocycles. The Morgan fingerprint density at radius 2 is 1.89 bits per heavy atom. The molecule has 0 spiro atoms. The Morgan fingerprint density at radius 3 is 2.47 bits per heavy atom. The number of ether oxygens (including phenoxy) is 1. The number of aromatic nitrogens is 3. The molecular weight excluding hydrogens is 309 g/mol. The lowest BCUT2D eigenvalue weighted by molar-refractivity contribution is 0.187. The van der Waals surface area contributed by atoms with Crippen LogP contribution in [0, 0.1) is 0 Å². The summed E-state index contributed by atoms with van der Waals surface area (Å²) in [5.74, 6) is 1.52. The highest BCUT2D eigenvalue weighted by Gasteiger charge is 2.18.